The van der Waals surface area contributed by atoms with E-state index in [0.717, 1.165) is 0 Å². The second-order valence-electron chi connectivity index (χ2n) is 5.72. The maximum atomic E-state index is 12.2. The van der Waals surface area contributed by atoms with Crippen LogP contribution in [-0.4, -0.2) is 53.7 Å². The van der Waals surface area contributed by atoms with Crippen molar-refractivity contribution >= 4 is 11.9 Å². The van der Waals surface area contributed by atoms with Crippen molar-refractivity contribution in [2.45, 2.75) is 32.8 Å². The normalized spacial score (nSPS) is 18.3. The van der Waals surface area contributed by atoms with Crippen molar-refractivity contribution < 1.29 is 19.4 Å². The van der Waals surface area contributed by atoms with E-state index in [1.807, 2.05) is 20.8 Å². The van der Waals surface area contributed by atoms with E-state index in [-0.39, 0.29) is 12.5 Å². The first-order chi connectivity index (χ1) is 8.20. The Morgan fingerprint density at radius 3 is 2.44 bits per heavy atom. The highest BCUT2D eigenvalue weighted by molar-refractivity contribution is 5.83. The average Bonchev–Trinajstić information content (AvgIpc) is 2.21. The second-order valence-corrected chi connectivity index (χ2v) is 5.72. The van der Waals surface area contributed by atoms with Crippen LogP contribution in [0.3, 0.4) is 0 Å². The summed E-state index contributed by atoms with van der Waals surface area (Å²) in [6, 6.07) is 0. The summed E-state index contributed by atoms with van der Waals surface area (Å²) in [5.74, 6) is -0.950. The lowest BCUT2D eigenvalue weighted by Gasteiger charge is -2.49. The van der Waals surface area contributed by atoms with Gasteiger partial charge in [-0.25, -0.2) is 4.79 Å². The molecule has 3 N–H and O–H groups in total. The van der Waals surface area contributed by atoms with Gasteiger partial charge in [-0.05, 0) is 19.9 Å². The van der Waals surface area contributed by atoms with E-state index >= 15 is 0 Å². The monoisotopic (exact) mass is 258 g/mol. The van der Waals surface area contributed by atoms with Crippen molar-refractivity contribution in [2.75, 3.05) is 26.2 Å². The maximum absolute atomic E-state index is 12.2. The van der Waals surface area contributed by atoms with Gasteiger partial charge in [0.15, 0.2) is 0 Å². The third-order valence-corrected chi connectivity index (χ3v) is 3.23. The number of nitrogens with zero attached hydrogens (tertiary/aromatic N) is 1. The fraction of sp³-hybridized carbons (Fsp3) is 0.833. The van der Waals surface area contributed by atoms with Gasteiger partial charge in [-0.1, -0.05) is 13.8 Å². The molecule has 1 aliphatic heterocycles. The zero-order valence-electron chi connectivity index (χ0n) is 11.2. The van der Waals surface area contributed by atoms with Gasteiger partial charge < -0.3 is 20.5 Å². The minimum absolute atomic E-state index is 0.0457. The maximum Gasteiger partial charge on any atom is 0.329 e. The quantitative estimate of drug-likeness (QED) is 0.703. The van der Waals surface area contributed by atoms with Crippen molar-refractivity contribution in [3.8, 4) is 0 Å². The highest BCUT2D eigenvalue weighted by atomic mass is 16.5. The van der Waals surface area contributed by atoms with Crippen molar-refractivity contribution in [1.29, 1.82) is 0 Å². The Bertz CT molecular complexity index is 335. The largest absolute Gasteiger partial charge is 0.480 e. The van der Waals surface area contributed by atoms with Crippen molar-refractivity contribution in [2.24, 2.45) is 11.1 Å². The highest BCUT2D eigenvalue weighted by Gasteiger charge is 2.46. The Morgan fingerprint density at radius 1 is 1.44 bits per heavy atom. The molecule has 1 aliphatic rings. The van der Waals surface area contributed by atoms with Gasteiger partial charge in [0.25, 0.3) is 0 Å². The summed E-state index contributed by atoms with van der Waals surface area (Å²) in [6.45, 7) is 6.58. The molecule has 0 radical (unpaired) electrons. The van der Waals surface area contributed by atoms with Crippen LogP contribution in [-0.2, 0) is 14.3 Å². The van der Waals surface area contributed by atoms with Gasteiger partial charge in [0.2, 0.25) is 5.91 Å². The lowest BCUT2D eigenvalue weighted by molar-refractivity contribution is -0.178. The summed E-state index contributed by atoms with van der Waals surface area (Å²) in [6.07, 6.45) is 0.634. The van der Waals surface area contributed by atoms with Crippen LogP contribution in [0.25, 0.3) is 0 Å². The minimum atomic E-state index is -0.996. The van der Waals surface area contributed by atoms with Gasteiger partial charge >= 0.3 is 5.97 Å². The van der Waals surface area contributed by atoms with Crippen LogP contribution in [0.1, 0.15) is 27.2 Å². The van der Waals surface area contributed by atoms with E-state index in [4.69, 9.17) is 15.6 Å². The first-order valence-corrected chi connectivity index (χ1v) is 6.05. The van der Waals surface area contributed by atoms with Gasteiger partial charge in [0.1, 0.15) is 12.2 Å². The molecule has 1 rings (SSSR count). The van der Waals surface area contributed by atoms with Crippen molar-refractivity contribution in [3.05, 3.63) is 0 Å². The predicted octanol–water partition coefficient (Wildman–Crippen LogP) is 0.0635. The number of ether oxygens (including phenoxy) is 1. The molecule has 0 atom stereocenters. The van der Waals surface area contributed by atoms with E-state index < -0.39 is 17.0 Å². The third-order valence-electron chi connectivity index (χ3n) is 3.23. The molecule has 0 aromatic rings. The number of aliphatic carboxylic acids is 1. The van der Waals surface area contributed by atoms with E-state index in [0.29, 0.717) is 26.1 Å². The molecule has 104 valence electrons. The summed E-state index contributed by atoms with van der Waals surface area (Å²) >= 11 is 0. The number of hydrogen-bond donors (Lipinski definition) is 2. The number of likely N-dealkylation sites (tertiary alicyclic amines) is 1. The molecule has 1 heterocycles. The van der Waals surface area contributed by atoms with Crippen LogP contribution in [0.2, 0.25) is 0 Å². The second kappa shape index (κ2) is 5.24. The average molecular weight is 258 g/mol. The molecule has 0 spiro atoms. The molecule has 18 heavy (non-hydrogen) atoms. The molecule has 1 saturated heterocycles. The zero-order chi connectivity index (χ0) is 14.0. The first-order valence-electron chi connectivity index (χ1n) is 6.05. The Balaban J connectivity index is 2.46. The smallest absolute Gasteiger partial charge is 0.329 e. The van der Waals surface area contributed by atoms with Gasteiger partial charge in [-0.15, -0.1) is 0 Å². The standard InChI is InChI=1S/C12H22N2O4/c1-11(2,4-5-13)10(17)14-7-12(3,8-14)18-6-9(15)16/h4-8,13H2,1-3H3,(H,15,16). The summed E-state index contributed by atoms with van der Waals surface area (Å²) in [5.41, 5.74) is 4.48. The molecule has 0 unspecified atom stereocenters. The fourth-order valence-electron chi connectivity index (χ4n) is 2.13. The Kier molecular flexibility index (Phi) is 4.34. The molecule has 0 aromatic heterocycles. The van der Waals surface area contributed by atoms with Gasteiger partial charge in [0.05, 0.1) is 13.1 Å². The van der Waals surface area contributed by atoms with E-state index in [2.05, 4.69) is 0 Å². The number of amides is 1. The molecular weight excluding hydrogens is 236 g/mol. The molecular formula is C12H22N2O4. The van der Waals surface area contributed by atoms with Crippen LogP contribution in [0, 0.1) is 5.41 Å². The SMILES string of the molecule is CC1(OCC(=O)O)CN(C(=O)C(C)(C)CCN)C1. The van der Waals surface area contributed by atoms with Gasteiger partial charge in [0, 0.05) is 5.41 Å². The fourth-order valence-corrected chi connectivity index (χ4v) is 2.13. The number of carboxylic acid groups (broad SMARTS) is 1. The van der Waals surface area contributed by atoms with Gasteiger partial charge in [-0.3, -0.25) is 4.79 Å². The number of carbonyl (C=O) groups is 2. The van der Waals surface area contributed by atoms with E-state index in [9.17, 15) is 9.59 Å². The Labute approximate surface area is 107 Å². The number of hydrogen-bond acceptors (Lipinski definition) is 4. The molecule has 1 amide bonds. The Hall–Kier alpha value is -1.14. The summed E-state index contributed by atoms with van der Waals surface area (Å²) in [7, 11) is 0. The molecule has 6 heteroatoms. The van der Waals surface area contributed by atoms with E-state index in [1.54, 1.807) is 4.90 Å². The molecule has 0 aliphatic carbocycles. The molecule has 0 bridgehead atoms. The number of carbonyl (C=O) groups excluding carboxylic acids is 1. The lowest BCUT2D eigenvalue weighted by atomic mass is 9.84. The summed E-state index contributed by atoms with van der Waals surface area (Å²) < 4.78 is 5.26. The van der Waals surface area contributed by atoms with E-state index in [1.165, 1.54) is 0 Å². The molecule has 0 saturated carbocycles. The molecule has 6 nitrogen and oxygen atoms in total. The third kappa shape index (κ3) is 3.43. The number of nitrogens with two attached hydrogens (primary N) is 1. The summed E-state index contributed by atoms with van der Waals surface area (Å²) in [5, 5.41) is 8.55. The molecule has 1 fully saturated rings. The lowest BCUT2D eigenvalue weighted by Crippen LogP contribution is -2.65. The highest BCUT2D eigenvalue weighted by Crippen LogP contribution is 2.31. The molecule has 0 aromatic carbocycles. The topological polar surface area (TPSA) is 92.9 Å². The van der Waals surface area contributed by atoms with Crippen LogP contribution in [0.5, 0.6) is 0 Å². The summed E-state index contributed by atoms with van der Waals surface area (Å²) in [4.78, 5) is 24.3. The zero-order valence-corrected chi connectivity index (χ0v) is 11.2. The van der Waals surface area contributed by atoms with Gasteiger partial charge in [-0.2, -0.15) is 0 Å². The predicted molar refractivity (Wildman–Crippen MR) is 66.0 cm³/mol. The van der Waals surface area contributed by atoms with Crippen LogP contribution in [0.15, 0.2) is 0 Å². The first kappa shape index (κ1) is 14.9. The Morgan fingerprint density at radius 2 is 2.00 bits per heavy atom. The van der Waals surface area contributed by atoms with Crippen molar-refractivity contribution in [3.63, 3.8) is 0 Å². The van der Waals surface area contributed by atoms with Crippen LogP contribution in [0.4, 0.5) is 0 Å². The van der Waals surface area contributed by atoms with Crippen LogP contribution < -0.4 is 5.73 Å². The number of carboxylic acids is 1. The van der Waals surface area contributed by atoms with Crippen LogP contribution >= 0.6 is 0 Å². The minimum Gasteiger partial charge on any atom is -0.480 e. The number of rotatable bonds is 6. The van der Waals surface area contributed by atoms with Crippen molar-refractivity contribution in [1.82, 2.24) is 4.90 Å².